The molecular weight excluding hydrogens is 543 g/mol. The van der Waals surface area contributed by atoms with E-state index in [1.54, 1.807) is 36.5 Å². The lowest BCUT2D eigenvalue weighted by atomic mass is 10.2. The van der Waals surface area contributed by atoms with Gasteiger partial charge in [0.15, 0.2) is 0 Å². The van der Waals surface area contributed by atoms with Crippen molar-refractivity contribution in [1.29, 1.82) is 0 Å². The van der Waals surface area contributed by atoms with E-state index in [0.717, 1.165) is 34.5 Å². The number of sulfonamides is 1. The van der Waals surface area contributed by atoms with E-state index < -0.39 is 15.9 Å². The van der Waals surface area contributed by atoms with E-state index in [9.17, 15) is 13.2 Å². The third-order valence-corrected chi connectivity index (χ3v) is 7.95. The zero-order valence-corrected chi connectivity index (χ0v) is 23.3. The molecule has 10 heteroatoms. The van der Waals surface area contributed by atoms with Gasteiger partial charge in [-0.05, 0) is 61.9 Å². The van der Waals surface area contributed by atoms with Crippen molar-refractivity contribution >= 4 is 51.0 Å². The van der Waals surface area contributed by atoms with Gasteiger partial charge in [-0.2, -0.15) is 5.10 Å². The zero-order valence-electron chi connectivity index (χ0n) is 21.0. The fourth-order valence-corrected chi connectivity index (χ4v) is 5.38. The first-order valence-electron chi connectivity index (χ1n) is 11.6. The third kappa shape index (κ3) is 6.10. The second kappa shape index (κ2) is 11.4. The zero-order chi connectivity index (χ0) is 27.4. The molecule has 4 rings (SSSR count). The van der Waals surface area contributed by atoms with Gasteiger partial charge in [0.05, 0.1) is 40.4 Å². The summed E-state index contributed by atoms with van der Waals surface area (Å²) in [5, 5.41) is 5.03. The number of anilines is 1. The van der Waals surface area contributed by atoms with E-state index in [1.165, 1.54) is 4.31 Å². The molecule has 1 heterocycles. The maximum Gasteiger partial charge on any atom is 0.271 e. The molecule has 0 aliphatic carbocycles. The molecule has 1 aromatic heterocycles. The first kappa shape index (κ1) is 27.4. The van der Waals surface area contributed by atoms with Gasteiger partial charge in [0.25, 0.3) is 5.91 Å². The maximum atomic E-state index is 12.7. The Morgan fingerprint density at radius 3 is 2.34 bits per heavy atom. The van der Waals surface area contributed by atoms with Crippen LogP contribution in [0.15, 0.2) is 84.0 Å². The average Bonchev–Trinajstić information content (AvgIpc) is 3.17. The SMILES string of the molecule is Cc1cc(/C=N/NC(=O)c2ccc(N(Cc3ccccc3)S(C)(=O)=O)cc2)c(C)n1-c1cccc(Cl)c1Cl. The molecule has 1 N–H and O–H groups in total. The van der Waals surface area contributed by atoms with E-state index >= 15 is 0 Å². The number of aromatic nitrogens is 1. The Hall–Kier alpha value is -3.59. The quantitative estimate of drug-likeness (QED) is 0.205. The predicted octanol–water partition coefficient (Wildman–Crippen LogP) is 6.13. The number of hydrogen-bond acceptors (Lipinski definition) is 4. The van der Waals surface area contributed by atoms with Crippen molar-refractivity contribution in [1.82, 2.24) is 9.99 Å². The number of hydrogen-bond donors (Lipinski definition) is 1. The smallest absolute Gasteiger partial charge is 0.271 e. The van der Waals surface area contributed by atoms with Crippen LogP contribution in [0.3, 0.4) is 0 Å². The van der Waals surface area contributed by atoms with Gasteiger partial charge in [0.1, 0.15) is 0 Å². The molecule has 0 radical (unpaired) electrons. The summed E-state index contributed by atoms with van der Waals surface area (Å²) in [6, 6.07) is 23.0. The fourth-order valence-electron chi connectivity index (χ4n) is 4.11. The Bertz CT molecular complexity index is 1600. The second-order valence-electron chi connectivity index (χ2n) is 8.74. The topological polar surface area (TPSA) is 83.8 Å². The Labute approximate surface area is 232 Å². The van der Waals surface area contributed by atoms with Crippen molar-refractivity contribution in [3.63, 3.8) is 0 Å². The molecule has 0 fully saturated rings. The summed E-state index contributed by atoms with van der Waals surface area (Å²) < 4.78 is 28.1. The van der Waals surface area contributed by atoms with Gasteiger partial charge in [-0.15, -0.1) is 0 Å². The maximum absolute atomic E-state index is 12.7. The number of nitrogens with zero attached hydrogens (tertiary/aromatic N) is 3. The number of rotatable bonds is 8. The van der Waals surface area contributed by atoms with Crippen LogP contribution < -0.4 is 9.73 Å². The first-order chi connectivity index (χ1) is 18.1. The van der Waals surface area contributed by atoms with Crippen LogP contribution in [0.5, 0.6) is 0 Å². The second-order valence-corrected chi connectivity index (χ2v) is 11.4. The largest absolute Gasteiger partial charge is 0.316 e. The molecule has 0 aliphatic rings. The van der Waals surface area contributed by atoms with Gasteiger partial charge < -0.3 is 4.57 Å². The normalized spacial score (nSPS) is 11.6. The Kier molecular flexibility index (Phi) is 8.26. The van der Waals surface area contributed by atoms with Crippen molar-refractivity contribution in [2.45, 2.75) is 20.4 Å². The molecule has 4 aromatic rings. The molecule has 7 nitrogen and oxygen atoms in total. The highest BCUT2D eigenvalue weighted by atomic mass is 35.5. The highest BCUT2D eigenvalue weighted by Crippen LogP contribution is 2.31. The molecule has 3 aromatic carbocycles. The minimum atomic E-state index is -3.53. The number of carbonyl (C=O) groups excluding carboxylic acids is 1. The van der Waals surface area contributed by atoms with E-state index in [2.05, 4.69) is 10.5 Å². The van der Waals surface area contributed by atoms with Gasteiger partial charge in [-0.25, -0.2) is 13.8 Å². The number of halogens is 2. The predicted molar refractivity (Wildman–Crippen MR) is 154 cm³/mol. The number of carbonyl (C=O) groups is 1. The van der Waals surface area contributed by atoms with Crippen molar-refractivity contribution in [3.05, 3.63) is 117 Å². The van der Waals surface area contributed by atoms with Gasteiger partial charge in [-0.3, -0.25) is 9.10 Å². The van der Waals surface area contributed by atoms with Crippen molar-refractivity contribution in [3.8, 4) is 5.69 Å². The summed E-state index contributed by atoms with van der Waals surface area (Å²) in [5.41, 5.74) is 7.56. The highest BCUT2D eigenvalue weighted by Gasteiger charge is 2.18. The van der Waals surface area contributed by atoms with Gasteiger partial charge in [0.2, 0.25) is 10.0 Å². The lowest BCUT2D eigenvalue weighted by molar-refractivity contribution is 0.0955. The average molecular weight is 570 g/mol. The summed E-state index contributed by atoms with van der Waals surface area (Å²) in [4.78, 5) is 12.7. The monoisotopic (exact) mass is 568 g/mol. The minimum Gasteiger partial charge on any atom is -0.316 e. The molecule has 0 saturated carbocycles. The van der Waals surface area contributed by atoms with Crippen LogP contribution in [0.1, 0.15) is 32.9 Å². The van der Waals surface area contributed by atoms with E-state index in [0.29, 0.717) is 21.3 Å². The third-order valence-electron chi connectivity index (χ3n) is 6.00. The van der Waals surface area contributed by atoms with Crippen LogP contribution in [-0.4, -0.2) is 31.4 Å². The van der Waals surface area contributed by atoms with Gasteiger partial charge in [-0.1, -0.05) is 59.6 Å². The standard InChI is InChI=1S/C28H26Cl2N4O3S/c1-19-16-23(20(2)34(19)26-11-7-10-25(29)27(26)30)17-31-32-28(35)22-12-14-24(15-13-22)33(38(3,36)37)18-21-8-5-4-6-9-21/h4-17H,18H2,1-3H3,(H,32,35)/b31-17+. The molecule has 0 bridgehead atoms. The van der Waals surface area contributed by atoms with Crippen LogP contribution in [0.4, 0.5) is 5.69 Å². The fraction of sp³-hybridized carbons (Fsp3) is 0.143. The number of hydrazone groups is 1. The molecule has 0 spiro atoms. The van der Waals surface area contributed by atoms with Gasteiger partial charge in [0, 0.05) is 22.5 Å². The van der Waals surface area contributed by atoms with Crippen LogP contribution in [-0.2, 0) is 16.6 Å². The Morgan fingerprint density at radius 1 is 1.00 bits per heavy atom. The summed E-state index contributed by atoms with van der Waals surface area (Å²) >= 11 is 12.6. The number of benzene rings is 3. The number of aryl methyl sites for hydroxylation is 1. The molecule has 1 amide bonds. The van der Waals surface area contributed by atoms with Crippen LogP contribution >= 0.6 is 23.2 Å². The minimum absolute atomic E-state index is 0.189. The molecule has 0 unspecified atom stereocenters. The molecule has 38 heavy (non-hydrogen) atoms. The first-order valence-corrected chi connectivity index (χ1v) is 14.2. The van der Waals surface area contributed by atoms with Gasteiger partial charge >= 0.3 is 0 Å². The number of amides is 1. The van der Waals surface area contributed by atoms with Crippen molar-refractivity contribution in [2.75, 3.05) is 10.6 Å². The Balaban J connectivity index is 1.48. The Morgan fingerprint density at radius 2 is 1.68 bits per heavy atom. The lowest BCUT2D eigenvalue weighted by Crippen LogP contribution is -2.29. The molecule has 0 saturated heterocycles. The van der Waals surface area contributed by atoms with E-state index in [4.69, 9.17) is 23.2 Å². The van der Waals surface area contributed by atoms with Crippen molar-refractivity contribution < 1.29 is 13.2 Å². The molecule has 196 valence electrons. The van der Waals surface area contributed by atoms with E-state index in [1.807, 2.05) is 66.9 Å². The highest BCUT2D eigenvalue weighted by molar-refractivity contribution is 7.92. The van der Waals surface area contributed by atoms with E-state index in [-0.39, 0.29) is 6.54 Å². The molecule has 0 aliphatic heterocycles. The van der Waals surface area contributed by atoms with Crippen LogP contribution in [0.25, 0.3) is 5.69 Å². The molecule has 0 atom stereocenters. The molecular formula is C28H26Cl2N4O3S. The summed E-state index contributed by atoms with van der Waals surface area (Å²) in [7, 11) is -3.53. The van der Waals surface area contributed by atoms with Crippen LogP contribution in [0.2, 0.25) is 10.0 Å². The lowest BCUT2D eigenvalue weighted by Gasteiger charge is -2.22. The summed E-state index contributed by atoms with van der Waals surface area (Å²) in [6.07, 6.45) is 2.72. The summed E-state index contributed by atoms with van der Waals surface area (Å²) in [6.45, 7) is 4.06. The van der Waals surface area contributed by atoms with Crippen molar-refractivity contribution in [2.24, 2.45) is 5.10 Å². The number of nitrogens with one attached hydrogen (secondary N) is 1. The van der Waals surface area contributed by atoms with Crippen LogP contribution in [0, 0.1) is 13.8 Å². The summed E-state index contributed by atoms with van der Waals surface area (Å²) in [5.74, 6) is -0.423.